The normalized spacial score (nSPS) is 14.3. The van der Waals surface area contributed by atoms with E-state index in [1.54, 1.807) is 24.5 Å². The Morgan fingerprint density at radius 1 is 1.14 bits per heavy atom. The van der Waals surface area contributed by atoms with Crippen molar-refractivity contribution in [2.45, 2.75) is 13.5 Å². The number of ether oxygens (including phenoxy) is 1. The van der Waals surface area contributed by atoms with Gasteiger partial charge in [0, 0.05) is 0 Å². The second-order valence-electron chi connectivity index (χ2n) is 8.49. The van der Waals surface area contributed by atoms with E-state index in [1.807, 2.05) is 29.6 Å². The molecule has 1 aliphatic rings. The van der Waals surface area contributed by atoms with Gasteiger partial charge in [0.25, 0.3) is 0 Å². The molecule has 1 unspecified atom stereocenters. The Kier molecular flexibility index (Phi) is 6.81. The molecule has 4 aromatic rings. The molecule has 2 N–H and O–H groups in total. The Bertz CT molecular complexity index is 1390. The average molecular weight is 536 g/mol. The molecule has 1 fully saturated rings. The minimum absolute atomic E-state index is 0.105. The number of morpholine rings is 1. The van der Waals surface area contributed by atoms with Gasteiger partial charge in [0.1, 0.15) is 0 Å². The molecule has 0 spiro atoms. The van der Waals surface area contributed by atoms with Crippen LogP contribution in [0.3, 0.4) is 0 Å². The van der Waals surface area contributed by atoms with Crippen LogP contribution < -0.4 is 15.1 Å². The summed E-state index contributed by atoms with van der Waals surface area (Å²) in [7, 11) is 0. The van der Waals surface area contributed by atoms with Crippen molar-refractivity contribution in [2.24, 2.45) is 0 Å². The number of carbonyl (C=O) groups is 1. The van der Waals surface area contributed by atoms with E-state index >= 15 is 4.39 Å². The Balaban J connectivity index is 1.41. The van der Waals surface area contributed by atoms with E-state index < -0.39 is 11.8 Å². The van der Waals surface area contributed by atoms with Gasteiger partial charge in [-0.15, -0.1) is 0 Å². The van der Waals surface area contributed by atoms with E-state index in [-0.39, 0.29) is 5.69 Å². The van der Waals surface area contributed by atoms with Crippen LogP contribution >= 0.6 is 0 Å². The quantitative estimate of drug-likeness (QED) is 0.384. The van der Waals surface area contributed by atoms with Gasteiger partial charge in [0.05, 0.1) is 0 Å². The van der Waals surface area contributed by atoms with Crippen LogP contribution in [0.5, 0.6) is 0 Å². The van der Waals surface area contributed by atoms with Gasteiger partial charge < -0.3 is 0 Å². The van der Waals surface area contributed by atoms with Crippen LogP contribution in [0.2, 0.25) is 0 Å². The van der Waals surface area contributed by atoms with Gasteiger partial charge in [-0.1, -0.05) is 12.1 Å². The molecule has 0 aliphatic carbocycles. The second-order valence-corrected chi connectivity index (χ2v) is 9.63. The number of hydrogen-bond donors (Lipinski definition) is 2. The zero-order valence-corrected chi connectivity index (χ0v) is 21.7. The topological polar surface area (TPSA) is 83.8 Å². The number of hydrogen-bond acceptors (Lipinski definition) is 5. The molecule has 8 nitrogen and oxygen atoms in total. The van der Waals surface area contributed by atoms with Crippen LogP contribution in [0.1, 0.15) is 11.3 Å². The number of benzene rings is 2. The van der Waals surface area contributed by atoms with Gasteiger partial charge in [-0.25, -0.2) is 0 Å². The van der Waals surface area contributed by atoms with Crippen molar-refractivity contribution in [3.63, 3.8) is 0 Å². The van der Waals surface area contributed by atoms with Crippen molar-refractivity contribution in [3.8, 4) is 11.1 Å². The number of anilines is 2. The van der Waals surface area contributed by atoms with Crippen LogP contribution in [0.25, 0.3) is 16.6 Å². The first-order valence-corrected chi connectivity index (χ1v) is 12.5. The summed E-state index contributed by atoms with van der Waals surface area (Å²) in [6.45, 7) is 5.80. The maximum atomic E-state index is 15.1. The fourth-order valence-electron chi connectivity index (χ4n) is 4.25. The van der Waals surface area contributed by atoms with E-state index in [4.69, 9.17) is 4.74 Å². The average Bonchev–Trinajstić information content (AvgIpc) is 3.20. The summed E-state index contributed by atoms with van der Waals surface area (Å²) in [5.41, 5.74) is 5.21. The van der Waals surface area contributed by atoms with Crippen LogP contribution in [0, 0.1) is 12.7 Å². The molecule has 0 saturated carbocycles. The van der Waals surface area contributed by atoms with E-state index in [0.29, 0.717) is 24.5 Å². The Hall–Kier alpha value is -3.26. The summed E-state index contributed by atoms with van der Waals surface area (Å²) >= 11 is 1.38. The third kappa shape index (κ3) is 5.22. The summed E-state index contributed by atoms with van der Waals surface area (Å²) in [4.78, 5) is 19.1. The van der Waals surface area contributed by atoms with E-state index in [1.165, 1.54) is 22.9 Å². The molecule has 180 valence electrons. The third-order valence-corrected chi connectivity index (χ3v) is 6.84. The van der Waals surface area contributed by atoms with Crippen molar-refractivity contribution in [2.75, 3.05) is 36.9 Å². The van der Waals surface area contributed by atoms with Gasteiger partial charge in [-0.3, -0.25) is 0 Å². The number of fused-ring (bicyclic) bond motifs is 1. The number of rotatable bonds is 5. The van der Waals surface area contributed by atoms with E-state index in [0.717, 1.165) is 46.5 Å². The molecule has 3 heterocycles. The summed E-state index contributed by atoms with van der Waals surface area (Å²) < 4.78 is 23.3. The molecule has 0 bridgehead atoms. The van der Waals surface area contributed by atoms with Crippen LogP contribution in [0.4, 0.5) is 20.6 Å². The van der Waals surface area contributed by atoms with Gasteiger partial charge in [-0.05, 0) is 12.5 Å². The third-order valence-electron chi connectivity index (χ3n) is 5.95. The Morgan fingerprint density at radius 3 is 2.74 bits per heavy atom. The summed E-state index contributed by atoms with van der Waals surface area (Å²) in [5, 5.41) is 9.80. The molecule has 2 amide bonds. The molecule has 1 aliphatic heterocycles. The summed E-state index contributed by atoms with van der Waals surface area (Å²) in [6.07, 6.45) is 1.55. The standard InChI is InChI=1S/C25H26AsFN6O2/c1-16-3-2-4-18(11-16)30-25(34)31-22-6-5-17(12-21(22)27)20-13-19(14-32-7-9-35-10-8-32)33-23(20)24(26)28-15-29-33/h2-6,11-13,15H,7-10,14,26H2,1H3,(H2,30,31,34). The zero-order valence-electron chi connectivity index (χ0n) is 19.3. The zero-order chi connectivity index (χ0) is 24.4. The van der Waals surface area contributed by atoms with E-state index in [9.17, 15) is 4.79 Å². The van der Waals surface area contributed by atoms with Crippen LogP contribution in [-0.4, -0.2) is 68.7 Å². The maximum absolute atomic E-state index is 15.1. The number of amides is 2. The second kappa shape index (κ2) is 10.2. The van der Waals surface area contributed by atoms with Crippen molar-refractivity contribution in [1.29, 1.82) is 0 Å². The number of nitrogens with zero attached hydrogens (tertiary/aromatic N) is 4. The number of carbonyl (C=O) groups excluding carboxylic acids is 1. The van der Waals surface area contributed by atoms with Crippen LogP contribution in [0.15, 0.2) is 54.9 Å². The van der Waals surface area contributed by atoms with Gasteiger partial charge >= 0.3 is 187 Å². The van der Waals surface area contributed by atoms with Gasteiger partial charge in [0.15, 0.2) is 0 Å². The molecular weight excluding hydrogens is 510 g/mol. The fourth-order valence-corrected chi connectivity index (χ4v) is 4.97. The predicted octanol–water partition coefficient (Wildman–Crippen LogP) is 2.58. The van der Waals surface area contributed by atoms with Gasteiger partial charge in [0.2, 0.25) is 0 Å². The first-order valence-electron chi connectivity index (χ1n) is 11.3. The van der Waals surface area contributed by atoms with Crippen LogP contribution in [-0.2, 0) is 11.3 Å². The number of urea groups is 1. The van der Waals surface area contributed by atoms with Crippen molar-refractivity contribution in [1.82, 2.24) is 19.5 Å². The Morgan fingerprint density at radius 2 is 1.97 bits per heavy atom. The monoisotopic (exact) mass is 536 g/mol. The number of halogens is 1. The predicted molar refractivity (Wildman–Crippen MR) is 136 cm³/mol. The summed E-state index contributed by atoms with van der Waals surface area (Å²) in [6, 6.07) is 13.8. The molecule has 5 rings (SSSR count). The molecule has 0 radical (unpaired) electrons. The molecule has 10 heteroatoms. The number of nitrogens with one attached hydrogen (secondary N) is 2. The van der Waals surface area contributed by atoms with E-state index in [2.05, 4.69) is 31.7 Å². The molecule has 35 heavy (non-hydrogen) atoms. The number of aromatic nitrogens is 3. The SMILES string of the molecule is Cc1cccc(NC(=O)Nc2ccc(-c3cc(CN4CCOCC4)n4ncnc([AsH2])c34)cc2F)c1. The first-order chi connectivity index (χ1) is 17.0. The summed E-state index contributed by atoms with van der Waals surface area (Å²) in [5.74, 6) is -0.518. The fraction of sp³-hybridized carbons (Fsp3) is 0.240. The molecule has 1 atom stereocenters. The number of aryl methyl sites for hydroxylation is 1. The molecular formula is C25H26AsFN6O2. The molecule has 1 saturated heterocycles. The van der Waals surface area contributed by atoms with Gasteiger partial charge in [-0.2, -0.15) is 0 Å². The Labute approximate surface area is 211 Å². The minimum atomic E-state index is -0.518. The van der Waals surface area contributed by atoms with Crippen molar-refractivity contribution >= 4 is 44.3 Å². The molecule has 2 aromatic carbocycles. The van der Waals surface area contributed by atoms with Crippen molar-refractivity contribution in [3.05, 3.63) is 71.9 Å². The first kappa shape index (κ1) is 23.5. The van der Waals surface area contributed by atoms with Crippen molar-refractivity contribution < 1.29 is 13.9 Å². The molecule has 2 aromatic heterocycles.